The first kappa shape index (κ1) is 17.8. The van der Waals surface area contributed by atoms with Crippen LogP contribution in [0.25, 0.3) is 10.6 Å². The lowest BCUT2D eigenvalue weighted by Crippen LogP contribution is -2.62. The Morgan fingerprint density at radius 3 is 2.48 bits per heavy atom. The zero-order chi connectivity index (χ0) is 18.5. The van der Waals surface area contributed by atoms with E-state index in [4.69, 9.17) is 4.74 Å². The summed E-state index contributed by atoms with van der Waals surface area (Å²) in [6.07, 6.45) is 0. The Bertz CT molecular complexity index is 909. The smallest absolute Gasteiger partial charge is 0.277 e. The summed E-state index contributed by atoms with van der Waals surface area (Å²) < 4.78 is 6.71. The highest BCUT2D eigenvalue weighted by Gasteiger charge is 2.42. The molecule has 0 aliphatic carbocycles. The fraction of sp³-hybridized carbons (Fsp3) is 0.529. The number of ether oxygens (including phenoxy) is 1. The summed E-state index contributed by atoms with van der Waals surface area (Å²) in [4.78, 5) is 32.1. The van der Waals surface area contributed by atoms with Crippen LogP contribution in [0.1, 0.15) is 33.5 Å². The van der Waals surface area contributed by atoms with Gasteiger partial charge in [0.25, 0.3) is 11.5 Å². The molecule has 1 fully saturated rings. The molecule has 2 aromatic heterocycles. The molecule has 7 nitrogen and oxygen atoms in total. The van der Waals surface area contributed by atoms with Gasteiger partial charge >= 0.3 is 0 Å². The van der Waals surface area contributed by atoms with Crippen molar-refractivity contribution in [2.75, 3.05) is 20.2 Å². The molecule has 1 amide bonds. The van der Waals surface area contributed by atoms with E-state index in [2.05, 4.69) is 10.1 Å². The summed E-state index contributed by atoms with van der Waals surface area (Å²) in [5, 5.41) is 4.76. The molecule has 3 heterocycles. The second-order valence-electron chi connectivity index (χ2n) is 6.76. The number of nitrogens with zero attached hydrogens (tertiary/aromatic N) is 4. The molecule has 134 valence electrons. The van der Waals surface area contributed by atoms with Crippen molar-refractivity contribution in [2.24, 2.45) is 7.05 Å². The van der Waals surface area contributed by atoms with Gasteiger partial charge in [0.2, 0.25) is 0 Å². The van der Waals surface area contributed by atoms with Crippen LogP contribution in [0, 0.1) is 20.8 Å². The van der Waals surface area contributed by atoms with Crippen LogP contribution in [0.3, 0.4) is 0 Å². The lowest BCUT2D eigenvalue weighted by Gasteiger charge is -2.46. The van der Waals surface area contributed by atoms with Crippen molar-refractivity contribution >= 4 is 17.2 Å². The maximum absolute atomic E-state index is 12.7. The number of carbonyl (C=O) groups excluding carboxylic acids is 1. The average Bonchev–Trinajstić information content (AvgIpc) is 2.91. The minimum absolute atomic E-state index is 0.0592. The van der Waals surface area contributed by atoms with Crippen molar-refractivity contribution in [2.45, 2.75) is 33.3 Å². The van der Waals surface area contributed by atoms with Gasteiger partial charge < -0.3 is 9.64 Å². The van der Waals surface area contributed by atoms with E-state index in [9.17, 15) is 9.59 Å². The molecule has 1 aliphatic rings. The summed E-state index contributed by atoms with van der Waals surface area (Å²) in [5.41, 5.74) is 2.26. The first-order chi connectivity index (χ1) is 11.7. The van der Waals surface area contributed by atoms with Crippen molar-refractivity contribution in [3.63, 3.8) is 0 Å². The largest absolute Gasteiger partial charge is 0.375 e. The maximum atomic E-state index is 12.7. The van der Waals surface area contributed by atoms with Crippen molar-refractivity contribution in [3.8, 4) is 10.6 Å². The van der Waals surface area contributed by atoms with E-state index >= 15 is 0 Å². The Balaban J connectivity index is 1.98. The van der Waals surface area contributed by atoms with E-state index in [1.807, 2.05) is 20.8 Å². The average molecular weight is 362 g/mol. The Hall–Kier alpha value is -2.06. The molecule has 8 heteroatoms. The van der Waals surface area contributed by atoms with E-state index in [0.29, 0.717) is 34.2 Å². The van der Waals surface area contributed by atoms with Gasteiger partial charge in [0.05, 0.1) is 30.0 Å². The van der Waals surface area contributed by atoms with Gasteiger partial charge in [-0.1, -0.05) is 0 Å². The Labute approximate surface area is 150 Å². The minimum atomic E-state index is -0.272. The molecule has 0 bridgehead atoms. The fourth-order valence-corrected chi connectivity index (χ4v) is 4.11. The molecule has 1 aliphatic heterocycles. The lowest BCUT2D eigenvalue weighted by molar-refractivity contribution is -0.0946. The standard InChI is InChI=1S/C17H22N4O3S/c1-9-10(2)19-20(5)15(22)12(9)14-18-11(3)13(25-14)16(23)21-7-17(4,8-21)24-6/h7-8H2,1-6H3. The summed E-state index contributed by atoms with van der Waals surface area (Å²) in [6, 6.07) is 0. The number of aryl methyl sites for hydroxylation is 3. The quantitative estimate of drug-likeness (QED) is 0.830. The highest BCUT2D eigenvalue weighted by molar-refractivity contribution is 7.17. The lowest BCUT2D eigenvalue weighted by atomic mass is 9.96. The summed E-state index contributed by atoms with van der Waals surface area (Å²) in [6.45, 7) is 8.62. The summed E-state index contributed by atoms with van der Waals surface area (Å²) in [5.74, 6) is -0.0592. The normalized spacial score (nSPS) is 16.0. The molecule has 1 saturated heterocycles. The third kappa shape index (κ3) is 2.89. The predicted octanol–water partition coefficient (Wildman–Crippen LogP) is 1.69. The molecular formula is C17H22N4O3S. The Morgan fingerprint density at radius 2 is 1.88 bits per heavy atom. The molecule has 0 N–H and O–H groups in total. The molecule has 0 aromatic carbocycles. The number of methoxy groups -OCH3 is 1. The minimum Gasteiger partial charge on any atom is -0.375 e. The van der Waals surface area contributed by atoms with Gasteiger partial charge in [-0.25, -0.2) is 9.67 Å². The molecular weight excluding hydrogens is 340 g/mol. The Morgan fingerprint density at radius 1 is 1.24 bits per heavy atom. The molecule has 0 saturated carbocycles. The van der Waals surface area contributed by atoms with Gasteiger partial charge in [0.1, 0.15) is 15.5 Å². The SMILES string of the molecule is COC1(C)CN(C(=O)c2sc(-c3c(C)c(C)nn(C)c3=O)nc2C)C1. The van der Waals surface area contributed by atoms with Gasteiger partial charge in [0, 0.05) is 14.2 Å². The molecule has 0 radical (unpaired) electrons. The van der Waals surface area contributed by atoms with Crippen LogP contribution in [-0.4, -0.2) is 51.4 Å². The molecule has 25 heavy (non-hydrogen) atoms. The number of carbonyl (C=O) groups is 1. The van der Waals surface area contributed by atoms with Gasteiger partial charge in [-0.15, -0.1) is 11.3 Å². The van der Waals surface area contributed by atoms with E-state index in [1.165, 1.54) is 16.0 Å². The van der Waals surface area contributed by atoms with Crippen LogP contribution < -0.4 is 5.56 Å². The summed E-state index contributed by atoms with van der Waals surface area (Å²) >= 11 is 1.27. The van der Waals surface area contributed by atoms with Gasteiger partial charge in [0.15, 0.2) is 0 Å². The number of thiazole rings is 1. The van der Waals surface area contributed by atoms with Crippen LogP contribution in [0.5, 0.6) is 0 Å². The number of amides is 1. The van der Waals surface area contributed by atoms with E-state index in [-0.39, 0.29) is 17.1 Å². The van der Waals surface area contributed by atoms with Crippen LogP contribution in [0.4, 0.5) is 0 Å². The van der Waals surface area contributed by atoms with E-state index < -0.39 is 0 Å². The molecule has 0 spiro atoms. The van der Waals surface area contributed by atoms with Gasteiger partial charge in [-0.3, -0.25) is 9.59 Å². The van der Waals surface area contributed by atoms with Crippen LogP contribution in [-0.2, 0) is 11.8 Å². The zero-order valence-corrected chi connectivity index (χ0v) is 16.2. The number of rotatable bonds is 3. The van der Waals surface area contributed by atoms with Crippen molar-refractivity contribution in [1.29, 1.82) is 0 Å². The van der Waals surface area contributed by atoms with Crippen molar-refractivity contribution < 1.29 is 9.53 Å². The molecule has 0 unspecified atom stereocenters. The first-order valence-corrected chi connectivity index (χ1v) is 8.85. The van der Waals surface area contributed by atoms with Crippen molar-refractivity contribution in [1.82, 2.24) is 19.7 Å². The number of likely N-dealkylation sites (tertiary alicyclic amines) is 1. The topological polar surface area (TPSA) is 77.3 Å². The third-order valence-electron chi connectivity index (χ3n) is 4.76. The molecule has 2 aromatic rings. The van der Waals surface area contributed by atoms with Crippen LogP contribution >= 0.6 is 11.3 Å². The Kier molecular flexibility index (Phi) is 4.28. The van der Waals surface area contributed by atoms with Crippen LogP contribution in [0.15, 0.2) is 4.79 Å². The van der Waals surface area contributed by atoms with Crippen molar-refractivity contribution in [3.05, 3.63) is 32.2 Å². The first-order valence-electron chi connectivity index (χ1n) is 8.03. The van der Waals surface area contributed by atoms with E-state index in [0.717, 1.165) is 11.3 Å². The monoisotopic (exact) mass is 362 g/mol. The second kappa shape index (κ2) is 6.03. The second-order valence-corrected chi connectivity index (χ2v) is 7.76. The number of aromatic nitrogens is 3. The molecule has 0 atom stereocenters. The van der Waals surface area contributed by atoms with E-state index in [1.54, 1.807) is 26.0 Å². The third-order valence-corrected chi connectivity index (χ3v) is 5.92. The zero-order valence-electron chi connectivity index (χ0n) is 15.3. The molecule has 3 rings (SSSR count). The van der Waals surface area contributed by atoms with Crippen LogP contribution in [0.2, 0.25) is 0 Å². The number of hydrogen-bond donors (Lipinski definition) is 0. The van der Waals surface area contributed by atoms with Gasteiger partial charge in [-0.05, 0) is 33.3 Å². The number of hydrogen-bond acceptors (Lipinski definition) is 6. The summed E-state index contributed by atoms with van der Waals surface area (Å²) in [7, 11) is 3.28. The highest BCUT2D eigenvalue weighted by Crippen LogP contribution is 2.32. The fourth-order valence-electron chi connectivity index (χ4n) is 2.98. The highest BCUT2D eigenvalue weighted by atomic mass is 32.1. The van der Waals surface area contributed by atoms with Gasteiger partial charge in [-0.2, -0.15) is 5.10 Å². The predicted molar refractivity (Wildman–Crippen MR) is 96.1 cm³/mol. The maximum Gasteiger partial charge on any atom is 0.277 e.